The minimum absolute atomic E-state index is 0.0663. The van der Waals surface area contributed by atoms with E-state index in [-0.39, 0.29) is 28.2 Å². The number of aromatic hydroxyl groups is 1. The normalized spacial score (nSPS) is 13.6. The maximum absolute atomic E-state index is 12.4. The number of carbonyl (C=O) groups is 2. The summed E-state index contributed by atoms with van der Waals surface area (Å²) in [6, 6.07) is 4.10. The van der Waals surface area contributed by atoms with Crippen LogP contribution in [0, 0.1) is 0 Å². The van der Waals surface area contributed by atoms with Gasteiger partial charge < -0.3 is 26.0 Å². The van der Waals surface area contributed by atoms with Crippen LogP contribution in [0.1, 0.15) is 33.7 Å². The van der Waals surface area contributed by atoms with Crippen molar-refractivity contribution in [3.8, 4) is 5.75 Å². The highest BCUT2D eigenvalue weighted by Gasteiger charge is 2.15. The SMILES string of the molecule is O=C(NCCN1CCCC1)c1csc(Nc2ncc(NC(=O)c3cc(O)ccc3Cl)cn2)n1. The zero-order valence-electron chi connectivity index (χ0n) is 17.5. The first-order valence-electron chi connectivity index (χ1n) is 10.3. The highest BCUT2D eigenvalue weighted by Crippen LogP contribution is 2.23. The van der Waals surface area contributed by atoms with Gasteiger partial charge in [-0.25, -0.2) is 15.0 Å². The van der Waals surface area contributed by atoms with Crippen molar-refractivity contribution in [1.82, 2.24) is 25.2 Å². The summed E-state index contributed by atoms with van der Waals surface area (Å²) in [5.41, 5.74) is 0.811. The first kappa shape index (κ1) is 22.9. The van der Waals surface area contributed by atoms with E-state index in [1.54, 1.807) is 5.38 Å². The van der Waals surface area contributed by atoms with E-state index in [0.717, 1.165) is 19.6 Å². The van der Waals surface area contributed by atoms with Gasteiger partial charge in [-0.05, 0) is 44.1 Å². The van der Waals surface area contributed by atoms with E-state index < -0.39 is 5.91 Å². The van der Waals surface area contributed by atoms with Gasteiger partial charge in [0.25, 0.3) is 11.8 Å². The Labute approximate surface area is 199 Å². The van der Waals surface area contributed by atoms with Crippen molar-refractivity contribution in [1.29, 1.82) is 0 Å². The lowest BCUT2D eigenvalue weighted by molar-refractivity contribution is 0.0944. The molecule has 0 spiro atoms. The maximum atomic E-state index is 12.4. The number of amides is 2. The average molecular weight is 488 g/mol. The summed E-state index contributed by atoms with van der Waals surface area (Å²) in [6.07, 6.45) is 5.28. The summed E-state index contributed by atoms with van der Waals surface area (Å²) >= 11 is 7.27. The van der Waals surface area contributed by atoms with Crippen molar-refractivity contribution in [2.24, 2.45) is 0 Å². The van der Waals surface area contributed by atoms with Crippen LogP contribution in [0.4, 0.5) is 16.8 Å². The molecule has 0 atom stereocenters. The molecule has 0 unspecified atom stereocenters. The van der Waals surface area contributed by atoms with Crippen LogP contribution < -0.4 is 16.0 Å². The van der Waals surface area contributed by atoms with Gasteiger partial charge in [0.15, 0.2) is 5.13 Å². The molecule has 1 saturated heterocycles. The lowest BCUT2D eigenvalue weighted by Crippen LogP contribution is -2.33. The van der Waals surface area contributed by atoms with Crippen LogP contribution in [-0.2, 0) is 0 Å². The molecule has 2 amide bonds. The van der Waals surface area contributed by atoms with Gasteiger partial charge in [0.1, 0.15) is 11.4 Å². The fourth-order valence-electron chi connectivity index (χ4n) is 3.30. The van der Waals surface area contributed by atoms with Gasteiger partial charge in [-0.1, -0.05) is 11.6 Å². The maximum Gasteiger partial charge on any atom is 0.270 e. The first-order chi connectivity index (χ1) is 16.0. The largest absolute Gasteiger partial charge is 0.508 e. The van der Waals surface area contributed by atoms with Crippen molar-refractivity contribution in [3.05, 3.63) is 52.3 Å². The molecule has 1 fully saturated rings. The number of anilines is 3. The Morgan fingerprint density at radius 3 is 2.67 bits per heavy atom. The number of phenols is 1. The molecule has 3 aromatic rings. The van der Waals surface area contributed by atoms with Gasteiger partial charge in [0.05, 0.1) is 28.7 Å². The molecule has 1 aliphatic heterocycles. The Balaban J connectivity index is 1.29. The third-order valence-electron chi connectivity index (χ3n) is 4.97. The van der Waals surface area contributed by atoms with E-state index in [2.05, 4.69) is 35.8 Å². The van der Waals surface area contributed by atoms with E-state index in [9.17, 15) is 14.7 Å². The molecule has 0 saturated carbocycles. The number of phenolic OH excluding ortho intramolecular Hbond substituents is 1. The van der Waals surface area contributed by atoms with Crippen molar-refractivity contribution < 1.29 is 14.7 Å². The highest BCUT2D eigenvalue weighted by atomic mass is 35.5. The molecule has 1 aliphatic rings. The summed E-state index contributed by atoms with van der Waals surface area (Å²) in [5, 5.41) is 20.4. The summed E-state index contributed by atoms with van der Waals surface area (Å²) in [4.78, 5) is 39.5. The van der Waals surface area contributed by atoms with Gasteiger partial charge in [-0.2, -0.15) is 0 Å². The molecule has 4 N–H and O–H groups in total. The second kappa shape index (κ2) is 10.6. The molecule has 172 valence electrons. The summed E-state index contributed by atoms with van der Waals surface area (Å²) in [6.45, 7) is 3.61. The smallest absolute Gasteiger partial charge is 0.270 e. The number of benzene rings is 1. The van der Waals surface area contributed by atoms with Crippen LogP contribution in [0.15, 0.2) is 36.0 Å². The molecule has 0 bridgehead atoms. The topological polar surface area (TPSA) is 132 Å². The number of halogens is 1. The fraction of sp³-hybridized carbons (Fsp3) is 0.286. The molecule has 1 aromatic carbocycles. The van der Waals surface area contributed by atoms with Crippen LogP contribution in [-0.4, -0.2) is 63.0 Å². The van der Waals surface area contributed by atoms with E-state index in [1.807, 2.05) is 0 Å². The number of hydrogen-bond acceptors (Lipinski definition) is 9. The van der Waals surface area contributed by atoms with Crippen LogP contribution in [0.25, 0.3) is 0 Å². The van der Waals surface area contributed by atoms with Crippen molar-refractivity contribution >= 4 is 51.5 Å². The highest BCUT2D eigenvalue weighted by molar-refractivity contribution is 7.14. The minimum Gasteiger partial charge on any atom is -0.508 e. The predicted octanol–water partition coefficient (Wildman–Crippen LogP) is 3.11. The fourth-order valence-corrected chi connectivity index (χ4v) is 4.19. The molecule has 0 aliphatic carbocycles. The summed E-state index contributed by atoms with van der Waals surface area (Å²) in [7, 11) is 0. The second-order valence-corrected chi connectivity index (χ2v) is 8.65. The average Bonchev–Trinajstić information content (AvgIpc) is 3.49. The second-order valence-electron chi connectivity index (χ2n) is 7.38. The number of thiazole rings is 1. The molecule has 3 heterocycles. The van der Waals surface area contributed by atoms with E-state index in [0.29, 0.717) is 23.1 Å². The van der Waals surface area contributed by atoms with E-state index in [1.165, 1.54) is 54.8 Å². The zero-order chi connectivity index (χ0) is 23.2. The van der Waals surface area contributed by atoms with Crippen LogP contribution in [0.2, 0.25) is 5.02 Å². The third kappa shape index (κ3) is 6.15. The molecule has 0 radical (unpaired) electrons. The predicted molar refractivity (Wildman–Crippen MR) is 127 cm³/mol. The van der Waals surface area contributed by atoms with Crippen LogP contribution in [0.3, 0.4) is 0 Å². The lowest BCUT2D eigenvalue weighted by Gasteiger charge is -2.14. The van der Waals surface area contributed by atoms with Crippen molar-refractivity contribution in [3.63, 3.8) is 0 Å². The zero-order valence-corrected chi connectivity index (χ0v) is 19.1. The molecule has 12 heteroatoms. The van der Waals surface area contributed by atoms with E-state index in [4.69, 9.17) is 11.6 Å². The van der Waals surface area contributed by atoms with Gasteiger partial charge in [-0.15, -0.1) is 11.3 Å². The number of carbonyl (C=O) groups excluding carboxylic acids is 2. The van der Waals surface area contributed by atoms with Gasteiger partial charge in [0.2, 0.25) is 5.95 Å². The van der Waals surface area contributed by atoms with Crippen molar-refractivity contribution in [2.75, 3.05) is 36.8 Å². The molecule has 10 nitrogen and oxygen atoms in total. The van der Waals surface area contributed by atoms with Crippen LogP contribution in [0.5, 0.6) is 5.75 Å². The van der Waals surface area contributed by atoms with Gasteiger partial charge >= 0.3 is 0 Å². The Morgan fingerprint density at radius 2 is 1.91 bits per heavy atom. The minimum atomic E-state index is -0.500. The quantitative estimate of drug-likeness (QED) is 0.381. The molecule has 33 heavy (non-hydrogen) atoms. The monoisotopic (exact) mass is 487 g/mol. The van der Waals surface area contributed by atoms with Crippen molar-refractivity contribution in [2.45, 2.75) is 12.8 Å². The Hall–Kier alpha value is -3.28. The molecular weight excluding hydrogens is 466 g/mol. The molecule has 4 rings (SSSR count). The molecule has 2 aromatic heterocycles. The number of likely N-dealkylation sites (tertiary alicyclic amines) is 1. The first-order valence-corrected chi connectivity index (χ1v) is 11.6. The number of nitrogens with zero attached hydrogens (tertiary/aromatic N) is 4. The molecular formula is C21H22ClN7O3S. The Morgan fingerprint density at radius 1 is 1.15 bits per heavy atom. The van der Waals surface area contributed by atoms with Crippen LogP contribution >= 0.6 is 22.9 Å². The third-order valence-corrected chi connectivity index (χ3v) is 6.06. The lowest BCUT2D eigenvalue weighted by atomic mass is 10.2. The number of nitrogens with one attached hydrogen (secondary N) is 3. The van der Waals surface area contributed by atoms with Gasteiger partial charge in [-0.3, -0.25) is 9.59 Å². The Bertz CT molecular complexity index is 1130. The number of rotatable bonds is 8. The summed E-state index contributed by atoms with van der Waals surface area (Å²) in [5.74, 6) is -0.522. The van der Waals surface area contributed by atoms with E-state index >= 15 is 0 Å². The standard InChI is InChI=1S/C21H22ClN7O3S/c22-16-4-3-14(30)9-15(16)18(31)26-13-10-24-20(25-11-13)28-21-27-17(12-33-21)19(32)23-5-8-29-6-1-2-7-29/h3-4,9-12,30H,1-2,5-8H2,(H,23,32)(H,26,31)(H,24,25,27,28). The van der Waals surface area contributed by atoms with Gasteiger partial charge in [0, 0.05) is 18.5 Å². The number of aromatic nitrogens is 3. The Kier molecular flexibility index (Phi) is 7.33. The number of hydrogen-bond donors (Lipinski definition) is 4. The summed E-state index contributed by atoms with van der Waals surface area (Å²) < 4.78 is 0.